The average molecular weight is 362 g/mol. The molecule has 3 aromatic rings. The Morgan fingerprint density at radius 1 is 0.963 bits per heavy atom. The summed E-state index contributed by atoms with van der Waals surface area (Å²) in [4.78, 5) is 7.05. The van der Waals surface area contributed by atoms with E-state index in [0.717, 1.165) is 36.1 Å². The number of benzene rings is 2. The predicted molar refractivity (Wildman–Crippen MR) is 107 cm³/mol. The van der Waals surface area contributed by atoms with Crippen LogP contribution in [0.3, 0.4) is 0 Å². The third-order valence-electron chi connectivity index (χ3n) is 5.27. The summed E-state index contributed by atoms with van der Waals surface area (Å²) in [6.07, 6.45) is 0.514. The standard InChI is InChI=1S/C23H26N2O2/c26-23-16-25(12-13-27-17-18-6-2-1-3-7-18)15-20(23)14-21-11-10-19-8-4-5-9-22(19)24-21/h1-11,20,23,26H,12-17H2/t20-,23-/m1/s1. The molecule has 140 valence electrons. The Morgan fingerprint density at radius 2 is 1.78 bits per heavy atom. The zero-order valence-corrected chi connectivity index (χ0v) is 15.5. The summed E-state index contributed by atoms with van der Waals surface area (Å²) in [5.74, 6) is 0.229. The largest absolute Gasteiger partial charge is 0.391 e. The molecule has 1 aromatic heterocycles. The van der Waals surface area contributed by atoms with Gasteiger partial charge in [-0.3, -0.25) is 9.88 Å². The molecule has 2 atom stereocenters. The maximum atomic E-state index is 10.5. The first-order chi connectivity index (χ1) is 13.3. The van der Waals surface area contributed by atoms with Crippen LogP contribution in [0.5, 0.6) is 0 Å². The van der Waals surface area contributed by atoms with Gasteiger partial charge >= 0.3 is 0 Å². The SMILES string of the molecule is O[C@@H]1CN(CCOCc2ccccc2)C[C@H]1Cc1ccc2ccccc2n1. The van der Waals surface area contributed by atoms with Crippen LogP contribution < -0.4 is 0 Å². The molecule has 1 fully saturated rings. The van der Waals surface area contributed by atoms with Crippen molar-refractivity contribution in [1.82, 2.24) is 9.88 Å². The molecule has 27 heavy (non-hydrogen) atoms. The molecule has 4 heteroatoms. The number of aliphatic hydroxyl groups is 1. The maximum absolute atomic E-state index is 10.5. The monoisotopic (exact) mass is 362 g/mol. The molecule has 0 saturated carbocycles. The lowest BCUT2D eigenvalue weighted by atomic mass is 9.99. The highest BCUT2D eigenvalue weighted by molar-refractivity contribution is 5.78. The number of hydrogen-bond donors (Lipinski definition) is 1. The van der Waals surface area contributed by atoms with E-state index in [1.807, 2.05) is 36.4 Å². The first kappa shape index (κ1) is 18.1. The number of aromatic nitrogens is 1. The summed E-state index contributed by atoms with van der Waals surface area (Å²) in [7, 11) is 0. The number of hydrogen-bond acceptors (Lipinski definition) is 4. The van der Waals surface area contributed by atoms with Crippen molar-refractivity contribution in [3.8, 4) is 0 Å². The lowest BCUT2D eigenvalue weighted by Crippen LogP contribution is -2.26. The van der Waals surface area contributed by atoms with E-state index in [9.17, 15) is 5.11 Å². The van der Waals surface area contributed by atoms with Gasteiger partial charge in [0, 0.05) is 36.6 Å². The summed E-state index contributed by atoms with van der Waals surface area (Å²) in [6.45, 7) is 3.78. The van der Waals surface area contributed by atoms with Crippen LogP contribution >= 0.6 is 0 Å². The van der Waals surface area contributed by atoms with E-state index in [1.165, 1.54) is 5.56 Å². The molecule has 1 saturated heterocycles. The number of ether oxygens (including phenoxy) is 1. The molecule has 2 aromatic carbocycles. The lowest BCUT2D eigenvalue weighted by molar-refractivity contribution is 0.0935. The van der Waals surface area contributed by atoms with E-state index in [2.05, 4.69) is 35.2 Å². The van der Waals surface area contributed by atoms with Gasteiger partial charge in [0.2, 0.25) is 0 Å². The summed E-state index contributed by atoms with van der Waals surface area (Å²) >= 11 is 0. The van der Waals surface area contributed by atoms with Crippen molar-refractivity contribution in [2.24, 2.45) is 5.92 Å². The molecule has 0 spiro atoms. The number of likely N-dealkylation sites (tertiary alicyclic amines) is 1. The van der Waals surface area contributed by atoms with E-state index in [0.29, 0.717) is 19.8 Å². The Morgan fingerprint density at radius 3 is 2.67 bits per heavy atom. The molecule has 0 aliphatic carbocycles. The van der Waals surface area contributed by atoms with Gasteiger partial charge in [-0.05, 0) is 24.1 Å². The molecular formula is C23H26N2O2. The zero-order valence-electron chi connectivity index (χ0n) is 15.5. The van der Waals surface area contributed by atoms with Crippen molar-refractivity contribution in [2.45, 2.75) is 19.1 Å². The quantitative estimate of drug-likeness (QED) is 0.655. The fraction of sp³-hybridized carbons (Fsp3) is 0.348. The fourth-order valence-corrected chi connectivity index (χ4v) is 3.77. The molecular weight excluding hydrogens is 336 g/mol. The van der Waals surface area contributed by atoms with Gasteiger partial charge in [0.1, 0.15) is 0 Å². The van der Waals surface area contributed by atoms with Crippen molar-refractivity contribution in [3.05, 3.63) is 78.0 Å². The molecule has 4 nitrogen and oxygen atoms in total. The second-order valence-electron chi connectivity index (χ2n) is 7.32. The first-order valence-corrected chi connectivity index (χ1v) is 9.65. The first-order valence-electron chi connectivity index (χ1n) is 9.65. The van der Waals surface area contributed by atoms with Crippen LogP contribution in [0.15, 0.2) is 66.7 Å². The average Bonchev–Trinajstić information content (AvgIpc) is 3.05. The minimum absolute atomic E-state index is 0.229. The van der Waals surface area contributed by atoms with Gasteiger partial charge in [-0.1, -0.05) is 54.6 Å². The smallest absolute Gasteiger partial charge is 0.0717 e. The molecule has 0 bridgehead atoms. The van der Waals surface area contributed by atoms with Gasteiger partial charge in [-0.2, -0.15) is 0 Å². The number of nitrogens with zero attached hydrogens (tertiary/aromatic N) is 2. The van der Waals surface area contributed by atoms with E-state index in [1.54, 1.807) is 0 Å². The summed E-state index contributed by atoms with van der Waals surface area (Å²) in [5, 5.41) is 11.6. The number of fused-ring (bicyclic) bond motifs is 1. The Kier molecular flexibility index (Phi) is 5.78. The second-order valence-corrected chi connectivity index (χ2v) is 7.32. The van der Waals surface area contributed by atoms with Crippen LogP contribution in [-0.2, 0) is 17.8 Å². The van der Waals surface area contributed by atoms with Crippen LogP contribution in [0.1, 0.15) is 11.3 Å². The highest BCUT2D eigenvalue weighted by Crippen LogP contribution is 2.22. The minimum atomic E-state index is -0.299. The van der Waals surface area contributed by atoms with Crippen LogP contribution in [0.4, 0.5) is 0 Å². The maximum Gasteiger partial charge on any atom is 0.0717 e. The van der Waals surface area contributed by atoms with Gasteiger partial charge in [-0.25, -0.2) is 0 Å². The number of β-amino-alcohol motifs (C(OH)–C–C–N with tert-alkyl or cyclic N) is 1. The van der Waals surface area contributed by atoms with E-state index < -0.39 is 0 Å². The summed E-state index contributed by atoms with van der Waals surface area (Å²) < 4.78 is 5.78. The van der Waals surface area contributed by atoms with Crippen molar-refractivity contribution < 1.29 is 9.84 Å². The van der Waals surface area contributed by atoms with Crippen molar-refractivity contribution >= 4 is 10.9 Å². The molecule has 0 radical (unpaired) electrons. The van der Waals surface area contributed by atoms with Crippen LogP contribution in [-0.4, -0.2) is 47.3 Å². The van der Waals surface area contributed by atoms with Gasteiger partial charge in [0.25, 0.3) is 0 Å². The Hall–Kier alpha value is -2.27. The predicted octanol–water partition coefficient (Wildman–Crippen LogP) is 3.29. The number of pyridine rings is 1. The molecule has 0 unspecified atom stereocenters. The van der Waals surface area contributed by atoms with Crippen LogP contribution in [0.2, 0.25) is 0 Å². The van der Waals surface area contributed by atoms with E-state index in [4.69, 9.17) is 9.72 Å². The molecule has 1 aliphatic rings. The number of para-hydroxylation sites is 1. The molecule has 0 amide bonds. The van der Waals surface area contributed by atoms with Crippen molar-refractivity contribution in [3.63, 3.8) is 0 Å². The van der Waals surface area contributed by atoms with E-state index >= 15 is 0 Å². The Balaban J connectivity index is 1.26. The third-order valence-corrected chi connectivity index (χ3v) is 5.27. The molecule has 2 heterocycles. The molecule has 1 aliphatic heterocycles. The zero-order chi connectivity index (χ0) is 18.5. The fourth-order valence-electron chi connectivity index (χ4n) is 3.77. The highest BCUT2D eigenvalue weighted by atomic mass is 16.5. The normalized spacial score (nSPS) is 20.3. The summed E-state index contributed by atoms with van der Waals surface area (Å²) in [5.41, 5.74) is 3.27. The minimum Gasteiger partial charge on any atom is -0.391 e. The van der Waals surface area contributed by atoms with Gasteiger partial charge < -0.3 is 9.84 Å². The molecule has 4 rings (SSSR count). The van der Waals surface area contributed by atoms with Gasteiger partial charge in [0.15, 0.2) is 0 Å². The number of aliphatic hydroxyl groups excluding tert-OH is 1. The Labute approximate surface area is 160 Å². The van der Waals surface area contributed by atoms with Crippen LogP contribution in [0.25, 0.3) is 10.9 Å². The second kappa shape index (κ2) is 8.61. The third kappa shape index (κ3) is 4.72. The Bertz CT molecular complexity index is 868. The van der Waals surface area contributed by atoms with E-state index in [-0.39, 0.29) is 12.0 Å². The lowest BCUT2D eigenvalue weighted by Gasteiger charge is -2.15. The number of rotatable bonds is 7. The summed E-state index contributed by atoms with van der Waals surface area (Å²) in [6, 6.07) is 22.6. The van der Waals surface area contributed by atoms with Crippen molar-refractivity contribution in [2.75, 3.05) is 26.2 Å². The highest BCUT2D eigenvalue weighted by Gasteiger charge is 2.31. The topological polar surface area (TPSA) is 45.6 Å². The molecule has 1 N–H and O–H groups in total. The van der Waals surface area contributed by atoms with Gasteiger partial charge in [-0.15, -0.1) is 0 Å². The van der Waals surface area contributed by atoms with Gasteiger partial charge in [0.05, 0.1) is 24.8 Å². The van der Waals surface area contributed by atoms with Crippen molar-refractivity contribution in [1.29, 1.82) is 0 Å². The van der Waals surface area contributed by atoms with Crippen LogP contribution in [0, 0.1) is 5.92 Å².